The van der Waals surface area contributed by atoms with E-state index >= 15 is 0 Å². The molecule has 2 N–H and O–H groups in total. The molecule has 4 nitrogen and oxygen atoms in total. The molecule has 156 valence electrons. The number of thiophene rings is 1. The first-order valence-corrected chi connectivity index (χ1v) is 11.1. The van der Waals surface area contributed by atoms with Crippen molar-refractivity contribution in [3.63, 3.8) is 0 Å². The second kappa shape index (κ2) is 9.40. The van der Waals surface area contributed by atoms with Gasteiger partial charge in [0.05, 0.1) is 16.0 Å². The molecular weight excluding hydrogens is 465 g/mol. The molecule has 1 atom stereocenters. The van der Waals surface area contributed by atoms with Gasteiger partial charge in [0.25, 0.3) is 0 Å². The molecule has 0 aliphatic rings. The Morgan fingerprint density at radius 1 is 1.00 bits per heavy atom. The van der Waals surface area contributed by atoms with E-state index in [0.29, 0.717) is 26.2 Å². The molecule has 8 heteroatoms. The largest absolute Gasteiger partial charge is 0.478 e. The quantitative estimate of drug-likeness (QED) is 0.383. The lowest BCUT2D eigenvalue weighted by Gasteiger charge is -2.20. The molecule has 0 saturated heterocycles. The van der Waals surface area contributed by atoms with Crippen molar-refractivity contribution in [2.24, 2.45) is 5.92 Å². The van der Waals surface area contributed by atoms with E-state index in [1.165, 1.54) is 0 Å². The monoisotopic (exact) mass is 481 g/mol. The first kappa shape index (κ1) is 22.6. The van der Waals surface area contributed by atoms with E-state index in [1.807, 2.05) is 13.8 Å². The van der Waals surface area contributed by atoms with Crippen molar-refractivity contribution < 1.29 is 14.7 Å². The van der Waals surface area contributed by atoms with E-state index < -0.39 is 11.9 Å². The van der Waals surface area contributed by atoms with Gasteiger partial charge >= 0.3 is 5.97 Å². The van der Waals surface area contributed by atoms with Gasteiger partial charge in [-0.2, -0.15) is 0 Å². The summed E-state index contributed by atoms with van der Waals surface area (Å²) in [6.45, 7) is 3.87. The fourth-order valence-electron chi connectivity index (χ4n) is 3.24. The second-order valence-electron chi connectivity index (χ2n) is 7.05. The van der Waals surface area contributed by atoms with Crippen LogP contribution in [0.5, 0.6) is 0 Å². The van der Waals surface area contributed by atoms with Crippen LogP contribution in [0.4, 0.5) is 5.00 Å². The number of carboxylic acids is 1. The maximum absolute atomic E-state index is 13.1. The van der Waals surface area contributed by atoms with Crippen molar-refractivity contribution in [3.05, 3.63) is 74.0 Å². The van der Waals surface area contributed by atoms with Crippen LogP contribution in [0, 0.1) is 5.92 Å². The Morgan fingerprint density at radius 2 is 1.67 bits per heavy atom. The summed E-state index contributed by atoms with van der Waals surface area (Å²) in [6.07, 6.45) is 0. The third-order valence-corrected chi connectivity index (χ3v) is 6.54. The zero-order valence-electron chi connectivity index (χ0n) is 16.1. The van der Waals surface area contributed by atoms with E-state index in [4.69, 9.17) is 34.8 Å². The number of hydrogen-bond acceptors (Lipinski definition) is 3. The fraction of sp³-hybridized carbons (Fsp3) is 0.182. The van der Waals surface area contributed by atoms with Crippen molar-refractivity contribution in [2.75, 3.05) is 5.32 Å². The molecule has 3 aromatic rings. The lowest BCUT2D eigenvalue weighted by atomic mass is 9.87. The number of halogens is 3. The summed E-state index contributed by atoms with van der Waals surface area (Å²) in [7, 11) is 0. The van der Waals surface area contributed by atoms with E-state index in [9.17, 15) is 14.7 Å². The highest BCUT2D eigenvalue weighted by Gasteiger charge is 2.27. The molecule has 3 rings (SSSR count). The number of carbonyl (C=O) groups is 2. The van der Waals surface area contributed by atoms with E-state index in [2.05, 4.69) is 5.32 Å². The molecule has 0 bridgehead atoms. The Bertz CT molecular complexity index is 1090. The Hall–Kier alpha value is -2.05. The minimum absolute atomic E-state index is 0.00559. The average Bonchev–Trinajstić information content (AvgIpc) is 3.09. The smallest absolute Gasteiger partial charge is 0.339 e. The average molecular weight is 483 g/mol. The number of benzene rings is 2. The predicted octanol–water partition coefficient (Wildman–Crippen LogP) is 7.45. The first-order valence-electron chi connectivity index (χ1n) is 9.05. The van der Waals surface area contributed by atoms with Crippen LogP contribution < -0.4 is 5.32 Å². The third kappa shape index (κ3) is 4.81. The summed E-state index contributed by atoms with van der Waals surface area (Å²) in [4.78, 5) is 25.1. The minimum atomic E-state index is -1.14. The molecule has 1 amide bonds. The number of hydrogen-bond donors (Lipinski definition) is 2. The Labute approximate surface area is 193 Å². The summed E-state index contributed by atoms with van der Waals surface area (Å²) >= 11 is 19.2. The van der Waals surface area contributed by atoms with Gasteiger partial charge in [0.1, 0.15) is 10.6 Å². The highest BCUT2D eigenvalue weighted by Crippen LogP contribution is 2.38. The van der Waals surface area contributed by atoms with Gasteiger partial charge in [0.2, 0.25) is 5.91 Å². The number of carboxylic acid groups (broad SMARTS) is 1. The minimum Gasteiger partial charge on any atom is -0.478 e. The topological polar surface area (TPSA) is 66.4 Å². The lowest BCUT2D eigenvalue weighted by Crippen LogP contribution is -2.25. The summed E-state index contributed by atoms with van der Waals surface area (Å²) in [5, 5.41) is 15.9. The number of nitrogens with one attached hydrogen (secondary N) is 1. The molecule has 1 aromatic heterocycles. The third-order valence-electron chi connectivity index (χ3n) is 4.65. The number of carbonyl (C=O) groups excluding carboxylic acids is 1. The Balaban J connectivity index is 1.96. The number of rotatable bonds is 6. The first-order chi connectivity index (χ1) is 14.2. The summed E-state index contributed by atoms with van der Waals surface area (Å²) in [5.41, 5.74) is 1.90. The number of anilines is 1. The van der Waals surface area contributed by atoms with Gasteiger partial charge in [0, 0.05) is 16.0 Å². The summed E-state index contributed by atoms with van der Waals surface area (Å²) in [5.74, 6) is -1.88. The highest BCUT2D eigenvalue weighted by atomic mass is 35.5. The van der Waals surface area contributed by atoms with Crippen LogP contribution in [0.2, 0.25) is 15.1 Å². The lowest BCUT2D eigenvalue weighted by molar-refractivity contribution is -0.118. The molecule has 0 fully saturated rings. The molecule has 0 spiro atoms. The van der Waals surface area contributed by atoms with Gasteiger partial charge in [0.15, 0.2) is 0 Å². The van der Waals surface area contributed by atoms with E-state index in [-0.39, 0.29) is 22.4 Å². The van der Waals surface area contributed by atoms with Crippen LogP contribution >= 0.6 is 46.1 Å². The molecule has 30 heavy (non-hydrogen) atoms. The Morgan fingerprint density at radius 3 is 2.23 bits per heavy atom. The Kier molecular flexibility index (Phi) is 7.09. The van der Waals surface area contributed by atoms with Gasteiger partial charge in [-0.1, -0.05) is 66.8 Å². The van der Waals surface area contributed by atoms with Crippen molar-refractivity contribution in [2.45, 2.75) is 19.8 Å². The highest BCUT2D eigenvalue weighted by molar-refractivity contribution is 7.15. The van der Waals surface area contributed by atoms with Crippen LogP contribution in [-0.4, -0.2) is 17.0 Å². The molecule has 1 heterocycles. The summed E-state index contributed by atoms with van der Waals surface area (Å²) < 4.78 is 0. The molecule has 2 aromatic carbocycles. The molecular formula is C22H18Cl3NO3S. The van der Waals surface area contributed by atoms with Crippen molar-refractivity contribution in [3.8, 4) is 11.1 Å². The SMILES string of the molecule is CC(C)C(C(=O)Nc1scc(-c2ccc(Cl)c(Cl)c2)c1C(=O)O)c1ccc(Cl)cc1. The van der Waals surface area contributed by atoms with Crippen LogP contribution in [-0.2, 0) is 4.79 Å². The maximum Gasteiger partial charge on any atom is 0.339 e. The number of amides is 1. The van der Waals surface area contributed by atoms with Crippen molar-refractivity contribution in [1.82, 2.24) is 0 Å². The van der Waals surface area contributed by atoms with Crippen LogP contribution in [0.1, 0.15) is 35.7 Å². The molecule has 0 aliphatic carbocycles. The molecule has 0 radical (unpaired) electrons. The molecule has 0 saturated carbocycles. The standard InChI is InChI=1S/C22H18Cl3NO3S/c1-11(2)18(12-3-6-14(23)7-4-12)20(27)26-21-19(22(28)29)15(10-30-21)13-5-8-16(24)17(25)9-13/h3-11,18H,1-2H3,(H,26,27)(H,28,29). The van der Waals surface area contributed by atoms with Crippen LogP contribution in [0.25, 0.3) is 11.1 Å². The maximum atomic E-state index is 13.1. The zero-order chi connectivity index (χ0) is 22.0. The van der Waals surface area contributed by atoms with Gasteiger partial charge < -0.3 is 10.4 Å². The fourth-order valence-corrected chi connectivity index (χ4v) is 4.63. The van der Waals surface area contributed by atoms with E-state index in [0.717, 1.165) is 16.9 Å². The number of aromatic carboxylic acids is 1. The predicted molar refractivity (Wildman–Crippen MR) is 124 cm³/mol. The molecule has 1 unspecified atom stereocenters. The normalized spacial score (nSPS) is 12.1. The summed E-state index contributed by atoms with van der Waals surface area (Å²) in [6, 6.07) is 12.0. The van der Waals surface area contributed by atoms with Gasteiger partial charge in [-0.25, -0.2) is 4.79 Å². The van der Waals surface area contributed by atoms with E-state index in [1.54, 1.807) is 47.8 Å². The molecule has 0 aliphatic heterocycles. The zero-order valence-corrected chi connectivity index (χ0v) is 19.2. The van der Waals surface area contributed by atoms with Gasteiger partial charge in [-0.05, 0) is 41.3 Å². The van der Waals surface area contributed by atoms with Gasteiger partial charge in [-0.3, -0.25) is 4.79 Å². The second-order valence-corrected chi connectivity index (χ2v) is 9.18. The van der Waals surface area contributed by atoms with Crippen molar-refractivity contribution in [1.29, 1.82) is 0 Å². The van der Waals surface area contributed by atoms with Crippen LogP contribution in [0.15, 0.2) is 47.8 Å². The van der Waals surface area contributed by atoms with Crippen molar-refractivity contribution >= 4 is 63.0 Å². The van der Waals surface area contributed by atoms with Gasteiger partial charge in [-0.15, -0.1) is 11.3 Å². The van der Waals surface area contributed by atoms with Crippen LogP contribution in [0.3, 0.4) is 0 Å².